The van der Waals surface area contributed by atoms with Gasteiger partial charge >= 0.3 is 39.5 Å². The van der Waals surface area contributed by atoms with E-state index in [1.165, 1.54) is 70.6 Å². The molecule has 0 aromatic carbocycles. The number of aliphatic hydroxyl groups is 1. The summed E-state index contributed by atoms with van der Waals surface area (Å²) < 4.78 is 68.6. The molecule has 0 aliphatic carbocycles. The van der Waals surface area contributed by atoms with Crippen LogP contribution < -0.4 is 0 Å². The van der Waals surface area contributed by atoms with Gasteiger partial charge in [-0.25, -0.2) is 9.13 Å². The quantitative estimate of drug-likeness (QED) is 0.0169. The largest absolute Gasteiger partial charge is 0.472 e. The van der Waals surface area contributed by atoms with E-state index in [2.05, 4.69) is 137 Å². The molecule has 19 heteroatoms. The smallest absolute Gasteiger partial charge is 0.462 e. The van der Waals surface area contributed by atoms with Crippen LogP contribution in [0.15, 0.2) is 109 Å². The Kier molecular flexibility index (Phi) is 71.8. The van der Waals surface area contributed by atoms with Gasteiger partial charge in [0.05, 0.1) is 26.4 Å². The summed E-state index contributed by atoms with van der Waals surface area (Å²) in [6, 6.07) is 0. The standard InChI is InChI=1S/C83H144O17P2/c1-5-9-13-17-21-25-29-33-35-37-38-40-41-45-48-52-56-60-64-68-81(86)94-74-79(100-83(88)70-66-62-58-54-50-46-42-39-36-34-30-26-22-18-14-10-6-2)76-98-102(91,92)96-72-77(84)71-95-101(89,90)97-75-78(99-82(87)69-65-61-57-53-49-44-32-28-24-20-16-12-8-4)73-93-80(85)67-63-59-55-51-47-43-31-27-23-19-15-11-7-3/h10,14,21-22,25-28,31-36,38,40,42,46,77-79,84H,5-9,11-13,15-20,23-24,29-30,37,39,41,43-45,47-76H2,1-4H3,(H,89,90)(H,91,92)/b14-10-,25-21-,26-22-,31-27-,32-28-,35-33-,36-34-,40-38-,46-42-. The number of phosphoric ester groups is 2. The summed E-state index contributed by atoms with van der Waals surface area (Å²) in [5, 5.41) is 10.6. The number of ether oxygens (including phenoxy) is 4. The van der Waals surface area contributed by atoms with Gasteiger partial charge in [-0.3, -0.25) is 37.3 Å². The van der Waals surface area contributed by atoms with Crippen molar-refractivity contribution in [3.05, 3.63) is 109 Å². The van der Waals surface area contributed by atoms with Crippen LogP contribution in [0.25, 0.3) is 0 Å². The number of carbonyl (C=O) groups excluding carboxylic acids is 4. The van der Waals surface area contributed by atoms with E-state index in [1.807, 2.05) is 0 Å². The molecule has 5 unspecified atom stereocenters. The van der Waals surface area contributed by atoms with Gasteiger partial charge in [0.2, 0.25) is 0 Å². The van der Waals surface area contributed by atoms with Crippen LogP contribution in [0.1, 0.15) is 336 Å². The molecule has 0 aromatic rings. The zero-order valence-corrected chi connectivity index (χ0v) is 66.0. The molecule has 5 atom stereocenters. The minimum Gasteiger partial charge on any atom is -0.462 e. The van der Waals surface area contributed by atoms with E-state index < -0.39 is 97.5 Å². The number of phosphoric acid groups is 2. The molecule has 0 rings (SSSR count). The minimum atomic E-state index is -4.99. The molecule has 0 saturated heterocycles. The lowest BCUT2D eigenvalue weighted by Gasteiger charge is -2.21. The summed E-state index contributed by atoms with van der Waals surface area (Å²) >= 11 is 0. The molecular formula is C83H144O17P2. The maximum absolute atomic E-state index is 13.1. The second-order valence-corrected chi connectivity index (χ2v) is 29.5. The number of allylic oxidation sites excluding steroid dienone is 18. The highest BCUT2D eigenvalue weighted by atomic mass is 31.2. The Bertz CT molecular complexity index is 2360. The highest BCUT2D eigenvalue weighted by Crippen LogP contribution is 2.45. The number of carbonyl (C=O) groups is 4. The lowest BCUT2D eigenvalue weighted by atomic mass is 10.1. The summed E-state index contributed by atoms with van der Waals surface area (Å²) in [5.41, 5.74) is 0. The molecule has 3 N–H and O–H groups in total. The molecule has 0 saturated carbocycles. The molecule has 0 aliphatic heterocycles. The first-order valence-corrected chi connectivity index (χ1v) is 43.1. The fraction of sp³-hybridized carbons (Fsp3) is 0.735. The number of aliphatic hydroxyl groups excluding tert-OH is 1. The van der Waals surface area contributed by atoms with E-state index in [4.69, 9.17) is 37.0 Å². The number of esters is 4. The Morgan fingerprint density at radius 3 is 0.814 bits per heavy atom. The Morgan fingerprint density at radius 2 is 0.510 bits per heavy atom. The van der Waals surface area contributed by atoms with Crippen LogP contribution in [0.2, 0.25) is 0 Å². The number of hydrogen-bond acceptors (Lipinski definition) is 15. The van der Waals surface area contributed by atoms with Crippen molar-refractivity contribution < 1.29 is 80.2 Å². The maximum Gasteiger partial charge on any atom is 0.472 e. The van der Waals surface area contributed by atoms with E-state index >= 15 is 0 Å². The van der Waals surface area contributed by atoms with Crippen molar-refractivity contribution in [2.45, 2.75) is 354 Å². The van der Waals surface area contributed by atoms with Crippen LogP contribution in [-0.2, 0) is 65.4 Å². The first kappa shape index (κ1) is 97.7. The highest BCUT2D eigenvalue weighted by Gasteiger charge is 2.30. The SMILES string of the molecule is CC/C=C\C/C=C\C/C=C\C/C=C\CCCCCCC(=O)OC(COC(=O)CCCCCCCC/C=C\C/C=C\C/C=C\CCCCC)COP(=O)(O)OCC(O)COP(=O)(O)OCC(COC(=O)CCCCCCC/C=C\CCCCCC)OC(=O)CCCCCCC/C=C\CCCCCC. The molecule has 0 spiro atoms. The third-order valence-electron chi connectivity index (χ3n) is 16.7. The third-order valence-corrected chi connectivity index (χ3v) is 18.6. The monoisotopic (exact) mass is 1470 g/mol. The molecule has 0 radical (unpaired) electrons. The fourth-order valence-electron chi connectivity index (χ4n) is 10.6. The second kappa shape index (κ2) is 75.0. The normalized spacial score (nSPS) is 14.5. The zero-order valence-electron chi connectivity index (χ0n) is 64.3. The molecular weight excluding hydrogens is 1330 g/mol. The highest BCUT2D eigenvalue weighted by molar-refractivity contribution is 7.47. The van der Waals surface area contributed by atoms with Gasteiger partial charge in [0.1, 0.15) is 19.3 Å². The van der Waals surface area contributed by atoms with Crippen molar-refractivity contribution in [3.8, 4) is 0 Å². The molecule has 0 aliphatic rings. The van der Waals surface area contributed by atoms with Crippen LogP contribution in [0.3, 0.4) is 0 Å². The predicted molar refractivity (Wildman–Crippen MR) is 418 cm³/mol. The van der Waals surface area contributed by atoms with Crippen molar-refractivity contribution in [3.63, 3.8) is 0 Å². The Labute approximate surface area is 619 Å². The Hall–Kier alpha value is -4.28. The first-order valence-electron chi connectivity index (χ1n) is 40.1. The molecule has 0 fully saturated rings. The average Bonchev–Trinajstić information content (AvgIpc) is 0.908. The van der Waals surface area contributed by atoms with E-state index in [-0.39, 0.29) is 25.7 Å². The van der Waals surface area contributed by atoms with Crippen molar-refractivity contribution >= 4 is 39.5 Å². The average molecular weight is 1480 g/mol. The van der Waals surface area contributed by atoms with Gasteiger partial charge in [0, 0.05) is 25.7 Å². The van der Waals surface area contributed by atoms with Crippen molar-refractivity contribution in [2.24, 2.45) is 0 Å². The molecule has 17 nitrogen and oxygen atoms in total. The Balaban J connectivity index is 5.39. The first-order chi connectivity index (χ1) is 49.7. The van der Waals surface area contributed by atoms with Gasteiger partial charge in [-0.05, 0) is 154 Å². The Morgan fingerprint density at radius 1 is 0.284 bits per heavy atom. The van der Waals surface area contributed by atoms with Gasteiger partial charge in [-0.2, -0.15) is 0 Å². The van der Waals surface area contributed by atoms with Gasteiger partial charge in [-0.1, -0.05) is 265 Å². The maximum atomic E-state index is 13.1. The van der Waals surface area contributed by atoms with Gasteiger partial charge in [0.15, 0.2) is 12.2 Å². The topological polar surface area (TPSA) is 237 Å². The summed E-state index contributed by atoms with van der Waals surface area (Å²) in [6.45, 7) is 4.67. The van der Waals surface area contributed by atoms with Crippen molar-refractivity contribution in [2.75, 3.05) is 39.6 Å². The van der Waals surface area contributed by atoms with Crippen LogP contribution in [0.5, 0.6) is 0 Å². The zero-order chi connectivity index (χ0) is 74.6. The third kappa shape index (κ3) is 74.0. The summed E-state index contributed by atoms with van der Waals surface area (Å²) in [7, 11) is -9.97. The predicted octanol–water partition coefficient (Wildman–Crippen LogP) is 23.3. The van der Waals surface area contributed by atoms with Gasteiger partial charge < -0.3 is 33.8 Å². The second-order valence-electron chi connectivity index (χ2n) is 26.6. The number of rotatable bonds is 75. The fourth-order valence-corrected chi connectivity index (χ4v) is 12.1. The molecule has 0 bridgehead atoms. The molecule has 0 aromatic heterocycles. The van der Waals surface area contributed by atoms with E-state index in [9.17, 15) is 43.2 Å². The number of unbranched alkanes of at least 4 members (excludes halogenated alkanes) is 31. The van der Waals surface area contributed by atoms with E-state index in [0.717, 1.165) is 186 Å². The lowest BCUT2D eigenvalue weighted by molar-refractivity contribution is -0.161. The lowest BCUT2D eigenvalue weighted by Crippen LogP contribution is -2.30. The van der Waals surface area contributed by atoms with Crippen LogP contribution in [0, 0.1) is 0 Å². The van der Waals surface area contributed by atoms with Crippen LogP contribution >= 0.6 is 15.6 Å². The van der Waals surface area contributed by atoms with Crippen LogP contribution in [0.4, 0.5) is 0 Å². The summed E-state index contributed by atoms with van der Waals surface area (Å²) in [4.78, 5) is 73.0. The molecule has 102 heavy (non-hydrogen) atoms. The van der Waals surface area contributed by atoms with Crippen LogP contribution in [-0.4, -0.2) is 96.7 Å². The molecule has 0 amide bonds. The van der Waals surface area contributed by atoms with E-state index in [1.54, 1.807) is 0 Å². The van der Waals surface area contributed by atoms with Gasteiger partial charge in [-0.15, -0.1) is 0 Å². The van der Waals surface area contributed by atoms with Crippen molar-refractivity contribution in [1.29, 1.82) is 0 Å². The summed E-state index contributed by atoms with van der Waals surface area (Å²) in [5.74, 6) is -2.22. The van der Waals surface area contributed by atoms with E-state index in [0.29, 0.717) is 25.7 Å². The molecule has 588 valence electrons. The minimum absolute atomic E-state index is 0.0624. The number of hydrogen-bond donors (Lipinski definition) is 3. The molecule has 0 heterocycles. The summed E-state index contributed by atoms with van der Waals surface area (Å²) in [6.07, 6.45) is 80.6. The van der Waals surface area contributed by atoms with Gasteiger partial charge in [0.25, 0.3) is 0 Å². The van der Waals surface area contributed by atoms with Crippen molar-refractivity contribution in [1.82, 2.24) is 0 Å².